The Morgan fingerprint density at radius 1 is 1.44 bits per heavy atom. The highest BCUT2D eigenvalue weighted by atomic mass is 32.1. The van der Waals surface area contributed by atoms with Gasteiger partial charge in [-0.2, -0.15) is 16.4 Å². The summed E-state index contributed by atoms with van der Waals surface area (Å²) in [6.07, 6.45) is 5.21. The molecule has 0 bridgehead atoms. The molecule has 0 unspecified atom stereocenters. The number of likely N-dealkylation sites (tertiary alicyclic amines) is 1. The lowest BCUT2D eigenvalue weighted by Crippen LogP contribution is -2.51. The van der Waals surface area contributed by atoms with Crippen molar-refractivity contribution in [3.63, 3.8) is 0 Å². The summed E-state index contributed by atoms with van der Waals surface area (Å²) in [6, 6.07) is 1.97. The molecule has 1 aliphatic rings. The van der Waals surface area contributed by atoms with Gasteiger partial charge in [0.1, 0.15) is 5.76 Å². The Morgan fingerprint density at radius 3 is 2.96 bits per heavy atom. The summed E-state index contributed by atoms with van der Waals surface area (Å²) in [7, 11) is 1.92. The highest BCUT2D eigenvalue weighted by Gasteiger charge is 2.31. The summed E-state index contributed by atoms with van der Waals surface area (Å²) in [4.78, 5) is 18.9. The molecule has 4 rings (SSSR count). The highest BCUT2D eigenvalue weighted by Crippen LogP contribution is 2.25. The second kappa shape index (κ2) is 6.48. The van der Waals surface area contributed by atoms with Crippen LogP contribution in [0, 0.1) is 12.8 Å². The first-order chi connectivity index (χ1) is 12.1. The number of hydrogen-bond acceptors (Lipinski definition) is 5. The van der Waals surface area contributed by atoms with Gasteiger partial charge in [-0.1, -0.05) is 0 Å². The molecule has 0 aliphatic carbocycles. The molecule has 1 amide bonds. The number of aromatic nitrogens is 3. The van der Waals surface area contributed by atoms with Gasteiger partial charge in [-0.15, -0.1) is 0 Å². The maximum Gasteiger partial charge on any atom is 0.228 e. The largest absolute Gasteiger partial charge is 0.441 e. The fourth-order valence-electron chi connectivity index (χ4n) is 3.17. The van der Waals surface area contributed by atoms with Crippen LogP contribution < -0.4 is 0 Å². The first-order valence-corrected chi connectivity index (χ1v) is 9.27. The summed E-state index contributed by atoms with van der Waals surface area (Å²) < 4.78 is 7.52. The third-order valence-corrected chi connectivity index (χ3v) is 5.26. The predicted octanol–water partition coefficient (Wildman–Crippen LogP) is 2.69. The molecule has 3 aromatic rings. The quantitative estimate of drug-likeness (QED) is 0.705. The molecular weight excluding hydrogens is 336 g/mol. The average molecular weight is 356 g/mol. The first kappa shape index (κ1) is 16.1. The van der Waals surface area contributed by atoms with Crippen LogP contribution in [0.2, 0.25) is 0 Å². The van der Waals surface area contributed by atoms with E-state index < -0.39 is 0 Å². The molecule has 0 saturated carbocycles. The van der Waals surface area contributed by atoms with Crippen molar-refractivity contribution in [2.45, 2.75) is 19.8 Å². The number of amides is 1. The average Bonchev–Trinajstić information content (AvgIpc) is 3.25. The minimum Gasteiger partial charge on any atom is -0.441 e. The standard InChI is InChI=1S/C18H20N4O2S/c1-12-16(20-18(24-12)15-3-4-25-11-15)6-17(23)22-9-14(10-22)5-13-7-19-21(2)8-13/h3-4,7-8,11,14H,5-6,9-10H2,1-2H3. The molecular formula is C18H20N4O2S. The molecule has 6 nitrogen and oxygen atoms in total. The Kier molecular flexibility index (Phi) is 4.17. The van der Waals surface area contributed by atoms with Crippen molar-refractivity contribution in [3.8, 4) is 11.5 Å². The van der Waals surface area contributed by atoms with E-state index >= 15 is 0 Å². The number of thiophene rings is 1. The van der Waals surface area contributed by atoms with E-state index in [-0.39, 0.29) is 5.91 Å². The second-order valence-corrected chi connectivity index (χ2v) is 7.38. The zero-order valence-corrected chi connectivity index (χ0v) is 15.1. The van der Waals surface area contributed by atoms with Crippen molar-refractivity contribution in [2.75, 3.05) is 13.1 Å². The van der Waals surface area contributed by atoms with Crippen molar-refractivity contribution < 1.29 is 9.21 Å². The number of carbonyl (C=O) groups excluding carboxylic acids is 1. The Labute approximate surface area is 150 Å². The Hall–Kier alpha value is -2.41. The summed E-state index contributed by atoms with van der Waals surface area (Å²) in [5.74, 6) is 1.96. The van der Waals surface area contributed by atoms with Crippen molar-refractivity contribution in [1.29, 1.82) is 0 Å². The van der Waals surface area contributed by atoms with E-state index in [0.717, 1.165) is 36.5 Å². The van der Waals surface area contributed by atoms with Gasteiger partial charge in [-0.25, -0.2) is 4.98 Å². The number of oxazole rings is 1. The molecule has 0 N–H and O–H groups in total. The number of aryl methyl sites for hydroxylation is 2. The van der Waals surface area contributed by atoms with Gasteiger partial charge >= 0.3 is 0 Å². The van der Waals surface area contributed by atoms with Crippen molar-refractivity contribution in [3.05, 3.63) is 46.2 Å². The van der Waals surface area contributed by atoms with Gasteiger partial charge in [-0.3, -0.25) is 9.48 Å². The molecule has 130 valence electrons. The Morgan fingerprint density at radius 2 is 2.28 bits per heavy atom. The minimum atomic E-state index is 0.121. The fourth-order valence-corrected chi connectivity index (χ4v) is 3.80. The van der Waals surface area contributed by atoms with Crippen LogP contribution in [0.15, 0.2) is 33.6 Å². The number of carbonyl (C=O) groups is 1. The third kappa shape index (κ3) is 3.37. The van der Waals surface area contributed by atoms with E-state index in [1.807, 2.05) is 52.8 Å². The van der Waals surface area contributed by atoms with E-state index in [1.54, 1.807) is 11.3 Å². The predicted molar refractivity (Wildman–Crippen MR) is 95.2 cm³/mol. The number of rotatable bonds is 5. The lowest BCUT2D eigenvalue weighted by Gasteiger charge is -2.39. The van der Waals surface area contributed by atoms with E-state index in [2.05, 4.69) is 10.1 Å². The summed E-state index contributed by atoms with van der Waals surface area (Å²) in [6.45, 7) is 3.48. The molecule has 0 aromatic carbocycles. The first-order valence-electron chi connectivity index (χ1n) is 8.32. The third-order valence-electron chi connectivity index (χ3n) is 4.57. The highest BCUT2D eigenvalue weighted by molar-refractivity contribution is 7.08. The maximum absolute atomic E-state index is 12.5. The molecule has 25 heavy (non-hydrogen) atoms. The van der Waals surface area contributed by atoms with Crippen molar-refractivity contribution >= 4 is 17.2 Å². The zero-order chi connectivity index (χ0) is 17.4. The van der Waals surface area contributed by atoms with E-state index in [1.165, 1.54) is 5.56 Å². The van der Waals surface area contributed by atoms with Crippen LogP contribution in [-0.2, 0) is 24.7 Å². The Balaban J connectivity index is 1.33. The van der Waals surface area contributed by atoms with Crippen molar-refractivity contribution in [2.24, 2.45) is 13.0 Å². The maximum atomic E-state index is 12.5. The molecule has 3 aromatic heterocycles. The molecule has 1 fully saturated rings. The normalized spacial score (nSPS) is 14.7. The molecule has 0 atom stereocenters. The molecule has 0 radical (unpaired) electrons. The van der Waals surface area contributed by atoms with Gasteiger partial charge in [0.05, 0.1) is 18.3 Å². The monoisotopic (exact) mass is 356 g/mol. The molecule has 7 heteroatoms. The van der Waals surface area contributed by atoms with Crippen LogP contribution in [0.25, 0.3) is 11.5 Å². The van der Waals surface area contributed by atoms with E-state index in [9.17, 15) is 4.79 Å². The zero-order valence-electron chi connectivity index (χ0n) is 14.3. The number of nitrogens with zero attached hydrogens (tertiary/aromatic N) is 4. The SMILES string of the molecule is Cc1oc(-c2ccsc2)nc1CC(=O)N1CC(Cc2cnn(C)c2)C1. The smallest absolute Gasteiger partial charge is 0.228 e. The van der Waals surface area contributed by atoms with Crippen LogP contribution in [0.4, 0.5) is 0 Å². The Bertz CT molecular complexity index is 875. The second-order valence-electron chi connectivity index (χ2n) is 6.60. The van der Waals surface area contributed by atoms with Crippen molar-refractivity contribution in [1.82, 2.24) is 19.7 Å². The van der Waals surface area contributed by atoms with Crippen LogP contribution in [0.1, 0.15) is 17.0 Å². The van der Waals surface area contributed by atoms with E-state index in [4.69, 9.17) is 4.42 Å². The van der Waals surface area contributed by atoms with Crippen LogP contribution >= 0.6 is 11.3 Å². The van der Waals surface area contributed by atoms with E-state index in [0.29, 0.717) is 18.2 Å². The molecule has 4 heterocycles. The molecule has 0 spiro atoms. The number of hydrogen-bond donors (Lipinski definition) is 0. The van der Waals surface area contributed by atoms with Gasteiger partial charge in [0, 0.05) is 37.3 Å². The van der Waals surface area contributed by atoms with Crippen LogP contribution in [-0.4, -0.2) is 38.7 Å². The fraction of sp³-hybridized carbons (Fsp3) is 0.389. The van der Waals surface area contributed by atoms with Gasteiger partial charge in [0.15, 0.2) is 0 Å². The lowest BCUT2D eigenvalue weighted by atomic mass is 9.93. The summed E-state index contributed by atoms with van der Waals surface area (Å²) in [5.41, 5.74) is 2.93. The molecule has 1 aliphatic heterocycles. The summed E-state index contributed by atoms with van der Waals surface area (Å²) >= 11 is 1.60. The van der Waals surface area contributed by atoms with Gasteiger partial charge in [0.25, 0.3) is 0 Å². The minimum absolute atomic E-state index is 0.121. The summed E-state index contributed by atoms with van der Waals surface area (Å²) in [5, 5.41) is 8.17. The topological polar surface area (TPSA) is 64.2 Å². The van der Waals surface area contributed by atoms with Gasteiger partial charge in [-0.05, 0) is 36.3 Å². The van der Waals surface area contributed by atoms with Gasteiger partial charge in [0.2, 0.25) is 11.8 Å². The molecule has 1 saturated heterocycles. The van der Waals surface area contributed by atoms with Gasteiger partial charge < -0.3 is 9.32 Å². The van der Waals surface area contributed by atoms with Crippen LogP contribution in [0.3, 0.4) is 0 Å². The van der Waals surface area contributed by atoms with Crippen LogP contribution in [0.5, 0.6) is 0 Å². The lowest BCUT2D eigenvalue weighted by molar-refractivity contribution is -0.136.